The summed E-state index contributed by atoms with van der Waals surface area (Å²) in [5.41, 5.74) is 0. The summed E-state index contributed by atoms with van der Waals surface area (Å²) >= 11 is 1.97. The van der Waals surface area contributed by atoms with E-state index in [0.29, 0.717) is 11.8 Å². The molecule has 0 aromatic carbocycles. The van der Waals surface area contributed by atoms with Gasteiger partial charge in [-0.2, -0.15) is 11.8 Å². The molecule has 1 aliphatic rings. The molecule has 4 nitrogen and oxygen atoms in total. The summed E-state index contributed by atoms with van der Waals surface area (Å²) in [6.45, 7) is 4.58. The molecular weight excluding hydrogens is 214 g/mol. The number of hydrogen-bond acceptors (Lipinski definition) is 4. The number of carbonyl (C=O) groups is 1. The van der Waals surface area contributed by atoms with Crippen molar-refractivity contribution in [3.8, 4) is 0 Å². The van der Waals surface area contributed by atoms with Crippen LogP contribution in [0.25, 0.3) is 0 Å². The summed E-state index contributed by atoms with van der Waals surface area (Å²) in [5.74, 6) is 0.152. The first kappa shape index (κ1) is 12.8. The van der Waals surface area contributed by atoms with E-state index in [2.05, 4.69) is 11.8 Å². The fourth-order valence-electron chi connectivity index (χ4n) is 1.76. The van der Waals surface area contributed by atoms with Gasteiger partial charge >= 0.3 is 5.97 Å². The number of carboxylic acid groups (broad SMARTS) is 1. The lowest BCUT2D eigenvalue weighted by Crippen LogP contribution is -2.42. The zero-order valence-corrected chi connectivity index (χ0v) is 9.87. The highest BCUT2D eigenvalue weighted by Crippen LogP contribution is 2.21. The lowest BCUT2D eigenvalue weighted by Gasteiger charge is -2.32. The van der Waals surface area contributed by atoms with Crippen LogP contribution in [0.3, 0.4) is 0 Å². The monoisotopic (exact) mass is 233 g/mol. The molecule has 0 amide bonds. The largest absolute Gasteiger partial charge is 0.481 e. The van der Waals surface area contributed by atoms with E-state index < -0.39 is 12.1 Å². The number of thioether (sulfide) groups is 1. The van der Waals surface area contributed by atoms with Gasteiger partial charge in [-0.1, -0.05) is 6.92 Å². The van der Waals surface area contributed by atoms with E-state index in [1.165, 1.54) is 0 Å². The van der Waals surface area contributed by atoms with Crippen LogP contribution in [-0.4, -0.2) is 57.8 Å². The normalized spacial score (nSPS) is 25.1. The third kappa shape index (κ3) is 4.86. The van der Waals surface area contributed by atoms with Gasteiger partial charge in [0.05, 0.1) is 12.5 Å². The second-order valence-electron chi connectivity index (χ2n) is 3.91. The Kier molecular flexibility index (Phi) is 5.42. The molecule has 0 spiro atoms. The van der Waals surface area contributed by atoms with Crippen molar-refractivity contribution in [1.29, 1.82) is 0 Å². The molecule has 0 aliphatic carbocycles. The van der Waals surface area contributed by atoms with Crippen LogP contribution >= 0.6 is 11.8 Å². The summed E-state index contributed by atoms with van der Waals surface area (Å²) in [5, 5.41) is 18.7. The topological polar surface area (TPSA) is 60.8 Å². The number of carboxylic acids is 1. The highest BCUT2D eigenvalue weighted by Gasteiger charge is 2.21. The Morgan fingerprint density at radius 1 is 1.67 bits per heavy atom. The van der Waals surface area contributed by atoms with Crippen LogP contribution in [0.2, 0.25) is 0 Å². The molecule has 0 saturated carbocycles. The highest BCUT2D eigenvalue weighted by atomic mass is 32.2. The van der Waals surface area contributed by atoms with Gasteiger partial charge in [0.1, 0.15) is 0 Å². The number of aliphatic carboxylic acids is 1. The van der Waals surface area contributed by atoms with Gasteiger partial charge < -0.3 is 10.2 Å². The minimum atomic E-state index is -0.930. The molecule has 5 heteroatoms. The fourth-order valence-corrected chi connectivity index (χ4v) is 3.01. The Bertz CT molecular complexity index is 213. The number of hydrogen-bond donors (Lipinski definition) is 2. The SMILES string of the molecule is CCC1CN(CC(O)CC(=O)O)CCS1. The number of nitrogens with zero attached hydrogens (tertiary/aromatic N) is 1. The Hall–Kier alpha value is -0.260. The fraction of sp³-hybridized carbons (Fsp3) is 0.900. The molecule has 0 bridgehead atoms. The first-order valence-corrected chi connectivity index (χ1v) is 6.40. The lowest BCUT2D eigenvalue weighted by atomic mass is 10.2. The molecule has 15 heavy (non-hydrogen) atoms. The van der Waals surface area contributed by atoms with Crippen molar-refractivity contribution in [2.75, 3.05) is 25.4 Å². The molecule has 1 aliphatic heterocycles. The predicted molar refractivity (Wildman–Crippen MR) is 61.2 cm³/mol. The molecule has 1 rings (SSSR count). The van der Waals surface area contributed by atoms with Crippen molar-refractivity contribution < 1.29 is 15.0 Å². The van der Waals surface area contributed by atoms with Gasteiger partial charge in [-0.3, -0.25) is 9.69 Å². The standard InChI is InChI=1S/C10H19NO3S/c1-2-9-7-11(3-4-15-9)6-8(12)5-10(13)14/h8-9,12H,2-7H2,1H3,(H,13,14). The van der Waals surface area contributed by atoms with Crippen LogP contribution in [0.1, 0.15) is 19.8 Å². The smallest absolute Gasteiger partial charge is 0.306 e. The Balaban J connectivity index is 2.27. The van der Waals surface area contributed by atoms with Crippen LogP contribution in [0.15, 0.2) is 0 Å². The predicted octanol–water partition coefficient (Wildman–Crippen LogP) is 0.649. The summed E-state index contributed by atoms with van der Waals surface area (Å²) < 4.78 is 0. The molecule has 2 N–H and O–H groups in total. The molecule has 2 unspecified atom stereocenters. The maximum atomic E-state index is 10.4. The number of β-amino-alcohol motifs (C(OH)–C–C–N with tert-alkyl or cyclic N) is 1. The van der Waals surface area contributed by atoms with Crippen LogP contribution < -0.4 is 0 Å². The van der Waals surface area contributed by atoms with E-state index in [-0.39, 0.29) is 6.42 Å². The van der Waals surface area contributed by atoms with Crippen molar-refractivity contribution >= 4 is 17.7 Å². The lowest BCUT2D eigenvalue weighted by molar-refractivity contribution is -0.139. The van der Waals surface area contributed by atoms with Crippen LogP contribution in [0.4, 0.5) is 0 Å². The average molecular weight is 233 g/mol. The highest BCUT2D eigenvalue weighted by molar-refractivity contribution is 8.00. The third-order valence-corrected chi connectivity index (χ3v) is 3.93. The van der Waals surface area contributed by atoms with Gasteiger partial charge in [-0.25, -0.2) is 0 Å². The van der Waals surface area contributed by atoms with Crippen molar-refractivity contribution in [2.24, 2.45) is 0 Å². The molecule has 0 radical (unpaired) electrons. The maximum absolute atomic E-state index is 10.4. The van der Waals surface area contributed by atoms with Gasteiger partial charge in [0.25, 0.3) is 0 Å². The van der Waals surface area contributed by atoms with Crippen molar-refractivity contribution in [3.63, 3.8) is 0 Å². The summed E-state index contributed by atoms with van der Waals surface area (Å²) in [7, 11) is 0. The zero-order valence-electron chi connectivity index (χ0n) is 9.06. The summed E-state index contributed by atoms with van der Waals surface area (Å²) in [4.78, 5) is 12.6. The second-order valence-corrected chi connectivity index (χ2v) is 5.32. The first-order chi connectivity index (χ1) is 7.11. The van der Waals surface area contributed by atoms with E-state index in [1.807, 2.05) is 11.8 Å². The Labute approximate surface area is 94.7 Å². The second kappa shape index (κ2) is 6.35. The van der Waals surface area contributed by atoms with Gasteiger partial charge in [0, 0.05) is 30.6 Å². The molecule has 0 aromatic rings. The van der Waals surface area contributed by atoms with E-state index in [1.54, 1.807) is 0 Å². The van der Waals surface area contributed by atoms with Gasteiger partial charge in [-0.15, -0.1) is 0 Å². The molecule has 2 atom stereocenters. The van der Waals surface area contributed by atoms with E-state index >= 15 is 0 Å². The zero-order chi connectivity index (χ0) is 11.3. The average Bonchev–Trinajstić information content (AvgIpc) is 2.16. The summed E-state index contributed by atoms with van der Waals surface area (Å²) in [6, 6.07) is 0. The minimum absolute atomic E-state index is 0.152. The van der Waals surface area contributed by atoms with Gasteiger partial charge in [0.15, 0.2) is 0 Å². The number of rotatable bonds is 5. The van der Waals surface area contributed by atoms with E-state index in [4.69, 9.17) is 5.11 Å². The molecule has 1 heterocycles. The molecular formula is C10H19NO3S. The van der Waals surface area contributed by atoms with Crippen molar-refractivity contribution in [2.45, 2.75) is 31.1 Å². The third-order valence-electron chi connectivity index (χ3n) is 2.56. The van der Waals surface area contributed by atoms with Gasteiger partial charge in [0.2, 0.25) is 0 Å². The van der Waals surface area contributed by atoms with Crippen molar-refractivity contribution in [1.82, 2.24) is 4.90 Å². The molecule has 1 fully saturated rings. The number of aliphatic hydroxyl groups is 1. The summed E-state index contributed by atoms with van der Waals surface area (Å²) in [6.07, 6.45) is 0.250. The van der Waals surface area contributed by atoms with Gasteiger partial charge in [-0.05, 0) is 6.42 Å². The Morgan fingerprint density at radius 3 is 3.00 bits per heavy atom. The van der Waals surface area contributed by atoms with Crippen LogP contribution in [0, 0.1) is 0 Å². The van der Waals surface area contributed by atoms with E-state index in [9.17, 15) is 9.90 Å². The van der Waals surface area contributed by atoms with Crippen LogP contribution in [0.5, 0.6) is 0 Å². The Morgan fingerprint density at radius 2 is 2.40 bits per heavy atom. The van der Waals surface area contributed by atoms with E-state index in [0.717, 1.165) is 25.3 Å². The van der Waals surface area contributed by atoms with Crippen molar-refractivity contribution in [3.05, 3.63) is 0 Å². The molecule has 1 saturated heterocycles. The quantitative estimate of drug-likeness (QED) is 0.730. The molecule has 88 valence electrons. The van der Waals surface area contributed by atoms with Crippen LogP contribution in [-0.2, 0) is 4.79 Å². The maximum Gasteiger partial charge on any atom is 0.306 e. The first-order valence-electron chi connectivity index (χ1n) is 5.35. The minimum Gasteiger partial charge on any atom is -0.481 e. The molecule has 0 aromatic heterocycles. The number of aliphatic hydroxyl groups excluding tert-OH is 1.